The van der Waals surface area contributed by atoms with Crippen LogP contribution in [0.4, 0.5) is 5.69 Å². The number of ether oxygens (including phenoxy) is 1. The first kappa shape index (κ1) is 13.9. The second kappa shape index (κ2) is 5.47. The van der Waals surface area contributed by atoms with Gasteiger partial charge in [-0.25, -0.2) is 0 Å². The second-order valence-electron chi connectivity index (χ2n) is 6.08. The summed E-state index contributed by atoms with van der Waals surface area (Å²) in [5.74, 6) is 2.10. The first-order valence-corrected chi connectivity index (χ1v) is 8.85. The third-order valence-electron chi connectivity index (χ3n) is 4.73. The van der Waals surface area contributed by atoms with Crippen molar-refractivity contribution in [3.05, 3.63) is 57.8 Å². The molecule has 2 heterocycles. The SMILES string of the molecule is CCOc1cccc2c1NC(c1ccc(C)s1)C1CC=CC21. The molecule has 1 aromatic heterocycles. The van der Waals surface area contributed by atoms with E-state index in [1.54, 1.807) is 0 Å². The van der Waals surface area contributed by atoms with Crippen LogP contribution in [-0.2, 0) is 0 Å². The van der Waals surface area contributed by atoms with E-state index in [1.807, 2.05) is 18.3 Å². The van der Waals surface area contributed by atoms with Crippen LogP contribution >= 0.6 is 11.3 Å². The Morgan fingerprint density at radius 1 is 1.27 bits per heavy atom. The third-order valence-corrected chi connectivity index (χ3v) is 5.81. The first-order chi connectivity index (χ1) is 10.8. The lowest BCUT2D eigenvalue weighted by atomic mass is 9.78. The van der Waals surface area contributed by atoms with Crippen molar-refractivity contribution in [2.24, 2.45) is 5.92 Å². The molecule has 3 heteroatoms. The van der Waals surface area contributed by atoms with Crippen LogP contribution in [-0.4, -0.2) is 6.61 Å². The fourth-order valence-corrected chi connectivity index (χ4v) is 4.78. The van der Waals surface area contributed by atoms with Crippen LogP contribution in [0.5, 0.6) is 5.75 Å². The van der Waals surface area contributed by atoms with Gasteiger partial charge in [0.15, 0.2) is 0 Å². The van der Waals surface area contributed by atoms with Gasteiger partial charge in [-0.3, -0.25) is 0 Å². The van der Waals surface area contributed by atoms with Crippen molar-refractivity contribution in [2.75, 3.05) is 11.9 Å². The molecular formula is C19H21NOS. The Bertz CT molecular complexity index is 718. The highest BCUT2D eigenvalue weighted by molar-refractivity contribution is 7.12. The summed E-state index contributed by atoms with van der Waals surface area (Å²) in [6.45, 7) is 4.92. The molecule has 114 valence electrons. The van der Waals surface area contributed by atoms with Gasteiger partial charge >= 0.3 is 0 Å². The Kier molecular flexibility index (Phi) is 3.45. The van der Waals surface area contributed by atoms with Crippen molar-refractivity contribution in [3.63, 3.8) is 0 Å². The van der Waals surface area contributed by atoms with E-state index in [9.17, 15) is 0 Å². The lowest BCUT2D eigenvalue weighted by Crippen LogP contribution is -2.28. The molecule has 22 heavy (non-hydrogen) atoms. The molecule has 1 aliphatic heterocycles. The van der Waals surface area contributed by atoms with Crippen molar-refractivity contribution < 1.29 is 4.74 Å². The molecule has 0 radical (unpaired) electrons. The molecule has 2 aliphatic rings. The molecule has 0 saturated carbocycles. The molecule has 1 aliphatic carbocycles. The molecule has 0 fully saturated rings. The molecule has 0 bridgehead atoms. The second-order valence-corrected chi connectivity index (χ2v) is 7.40. The predicted molar refractivity (Wildman–Crippen MR) is 93.0 cm³/mol. The Morgan fingerprint density at radius 2 is 2.18 bits per heavy atom. The number of benzene rings is 1. The molecule has 2 aromatic rings. The van der Waals surface area contributed by atoms with E-state index in [0.717, 1.165) is 12.2 Å². The number of hydrogen-bond donors (Lipinski definition) is 1. The van der Waals surface area contributed by atoms with E-state index >= 15 is 0 Å². The van der Waals surface area contributed by atoms with Gasteiger partial charge in [-0.2, -0.15) is 0 Å². The van der Waals surface area contributed by atoms with Crippen LogP contribution in [0, 0.1) is 12.8 Å². The van der Waals surface area contributed by atoms with Gasteiger partial charge in [0.2, 0.25) is 0 Å². The summed E-state index contributed by atoms with van der Waals surface area (Å²) in [4.78, 5) is 2.82. The van der Waals surface area contributed by atoms with Gasteiger partial charge < -0.3 is 10.1 Å². The van der Waals surface area contributed by atoms with Gasteiger partial charge in [-0.15, -0.1) is 11.3 Å². The van der Waals surface area contributed by atoms with Crippen LogP contribution in [0.2, 0.25) is 0 Å². The van der Waals surface area contributed by atoms with Crippen LogP contribution in [0.1, 0.15) is 40.6 Å². The molecule has 0 saturated heterocycles. The Labute approximate surface area is 135 Å². The van der Waals surface area contributed by atoms with Crippen LogP contribution in [0.25, 0.3) is 0 Å². The number of aryl methyl sites for hydroxylation is 1. The summed E-state index contributed by atoms with van der Waals surface area (Å²) >= 11 is 1.91. The summed E-state index contributed by atoms with van der Waals surface area (Å²) in [6, 6.07) is 11.3. The summed E-state index contributed by atoms with van der Waals surface area (Å²) in [5, 5.41) is 3.80. The zero-order valence-electron chi connectivity index (χ0n) is 13.0. The number of nitrogens with one attached hydrogen (secondary N) is 1. The third kappa shape index (κ3) is 2.15. The number of para-hydroxylation sites is 1. The average molecular weight is 311 g/mol. The number of fused-ring (bicyclic) bond motifs is 3. The summed E-state index contributed by atoms with van der Waals surface area (Å²) in [7, 11) is 0. The molecule has 2 nitrogen and oxygen atoms in total. The monoisotopic (exact) mass is 311 g/mol. The topological polar surface area (TPSA) is 21.3 Å². The highest BCUT2D eigenvalue weighted by Crippen LogP contribution is 2.52. The molecule has 1 aromatic carbocycles. The number of allylic oxidation sites excluding steroid dienone is 2. The molecular weight excluding hydrogens is 290 g/mol. The summed E-state index contributed by atoms with van der Waals surface area (Å²) in [5.41, 5.74) is 2.57. The molecule has 3 atom stereocenters. The fraction of sp³-hybridized carbons (Fsp3) is 0.368. The van der Waals surface area contributed by atoms with Crippen molar-refractivity contribution in [1.82, 2.24) is 0 Å². The van der Waals surface area contributed by atoms with Crippen LogP contribution in [0.3, 0.4) is 0 Å². The lowest BCUT2D eigenvalue weighted by molar-refractivity contribution is 0.337. The van der Waals surface area contributed by atoms with E-state index in [1.165, 1.54) is 21.0 Å². The number of thiophene rings is 1. The highest BCUT2D eigenvalue weighted by atomic mass is 32.1. The van der Waals surface area contributed by atoms with Crippen LogP contribution in [0.15, 0.2) is 42.5 Å². The van der Waals surface area contributed by atoms with E-state index in [-0.39, 0.29) is 0 Å². The quantitative estimate of drug-likeness (QED) is 0.778. The van der Waals surface area contributed by atoms with Crippen molar-refractivity contribution in [2.45, 2.75) is 32.2 Å². The minimum atomic E-state index is 0.382. The molecule has 3 unspecified atom stereocenters. The van der Waals surface area contributed by atoms with Crippen molar-refractivity contribution in [3.8, 4) is 5.75 Å². The minimum Gasteiger partial charge on any atom is -0.492 e. The number of anilines is 1. The van der Waals surface area contributed by atoms with E-state index < -0.39 is 0 Å². The Balaban J connectivity index is 1.80. The normalized spacial score (nSPS) is 25.5. The van der Waals surface area contributed by atoms with Crippen molar-refractivity contribution in [1.29, 1.82) is 0 Å². The maximum Gasteiger partial charge on any atom is 0.142 e. The smallest absolute Gasteiger partial charge is 0.142 e. The van der Waals surface area contributed by atoms with Gasteiger partial charge in [0.05, 0.1) is 18.3 Å². The van der Waals surface area contributed by atoms with Gasteiger partial charge in [0.25, 0.3) is 0 Å². The van der Waals surface area contributed by atoms with E-state index in [2.05, 4.69) is 54.7 Å². The molecule has 0 spiro atoms. The maximum absolute atomic E-state index is 5.86. The average Bonchev–Trinajstić information content (AvgIpc) is 3.16. The fourth-order valence-electron chi connectivity index (χ4n) is 3.77. The lowest BCUT2D eigenvalue weighted by Gasteiger charge is -2.37. The first-order valence-electron chi connectivity index (χ1n) is 8.03. The maximum atomic E-state index is 5.86. The largest absolute Gasteiger partial charge is 0.492 e. The minimum absolute atomic E-state index is 0.382. The van der Waals surface area contributed by atoms with Gasteiger partial charge in [-0.1, -0.05) is 24.3 Å². The van der Waals surface area contributed by atoms with Crippen molar-refractivity contribution >= 4 is 17.0 Å². The van der Waals surface area contributed by atoms with Gasteiger partial charge in [0, 0.05) is 15.7 Å². The zero-order valence-corrected chi connectivity index (χ0v) is 13.8. The number of rotatable bonds is 3. The molecule has 1 N–H and O–H groups in total. The zero-order chi connectivity index (χ0) is 15.1. The summed E-state index contributed by atoms with van der Waals surface area (Å²) < 4.78 is 5.86. The number of hydrogen-bond acceptors (Lipinski definition) is 3. The Hall–Kier alpha value is -1.74. The van der Waals surface area contributed by atoms with E-state index in [4.69, 9.17) is 4.74 Å². The predicted octanol–water partition coefficient (Wildman–Crippen LogP) is 5.28. The standard InChI is InChI=1S/C19H21NOS/c1-3-21-16-9-5-8-14-13-6-4-7-15(13)19(20-18(14)16)17-11-10-12(2)22-17/h4-6,8-11,13,15,19-20H,3,7H2,1-2H3. The highest BCUT2D eigenvalue weighted by Gasteiger charge is 2.39. The van der Waals surface area contributed by atoms with Gasteiger partial charge in [-0.05, 0) is 49.9 Å². The Morgan fingerprint density at radius 3 is 2.95 bits per heavy atom. The summed E-state index contributed by atoms with van der Waals surface area (Å²) in [6.07, 6.45) is 5.87. The molecule has 0 amide bonds. The van der Waals surface area contributed by atoms with Gasteiger partial charge in [0.1, 0.15) is 5.75 Å². The molecule has 4 rings (SSSR count). The van der Waals surface area contributed by atoms with E-state index in [0.29, 0.717) is 24.5 Å². The van der Waals surface area contributed by atoms with Crippen LogP contribution < -0.4 is 10.1 Å².